The highest BCUT2D eigenvalue weighted by molar-refractivity contribution is 4.56. The first-order valence-electron chi connectivity index (χ1n) is 2.52. The van der Waals surface area contributed by atoms with Gasteiger partial charge in [-0.3, -0.25) is 5.21 Å². The fourth-order valence-corrected chi connectivity index (χ4v) is 0.133. The van der Waals surface area contributed by atoms with E-state index in [0.717, 1.165) is 0 Å². The molecule has 1 atom stereocenters. The summed E-state index contributed by atoms with van der Waals surface area (Å²) in [5.74, 6) is 0.449. The fraction of sp³-hybridized carbons (Fsp3) is 1.00. The summed E-state index contributed by atoms with van der Waals surface area (Å²) in [4.78, 5) is 0. The number of nitrogens with zero attached hydrogens (tertiary/aromatic N) is 1. The Kier molecular flexibility index (Phi) is 2.96. The zero-order chi connectivity index (χ0) is 5.86. The van der Waals surface area contributed by atoms with Gasteiger partial charge in [-0.1, -0.05) is 19.3 Å². The van der Waals surface area contributed by atoms with E-state index in [9.17, 15) is 0 Å². The Labute approximate surface area is 44.5 Å². The van der Waals surface area contributed by atoms with Gasteiger partial charge in [-0.15, -0.1) is 0 Å². The van der Waals surface area contributed by atoms with Crippen molar-refractivity contribution in [3.05, 3.63) is 0 Å². The molecule has 1 radical (unpaired) electrons. The SMILES string of the molecule is CC(C)C(C)[N]O. The van der Waals surface area contributed by atoms with Gasteiger partial charge < -0.3 is 0 Å². The quantitative estimate of drug-likeness (QED) is 0.519. The molecule has 0 aliphatic heterocycles. The van der Waals surface area contributed by atoms with Crippen molar-refractivity contribution in [3.63, 3.8) is 0 Å². The third kappa shape index (κ3) is 2.60. The Morgan fingerprint density at radius 3 is 1.71 bits per heavy atom. The van der Waals surface area contributed by atoms with E-state index in [0.29, 0.717) is 5.92 Å². The van der Waals surface area contributed by atoms with Crippen molar-refractivity contribution in [1.29, 1.82) is 0 Å². The highest BCUT2D eigenvalue weighted by atomic mass is 16.5. The largest absolute Gasteiger partial charge is 0.297 e. The maximum Gasteiger partial charge on any atom is 0.0530 e. The zero-order valence-electron chi connectivity index (χ0n) is 5.05. The molecule has 2 nitrogen and oxygen atoms in total. The van der Waals surface area contributed by atoms with Crippen molar-refractivity contribution in [2.24, 2.45) is 5.92 Å². The van der Waals surface area contributed by atoms with Crippen LogP contribution in [0.4, 0.5) is 0 Å². The molecule has 0 amide bonds. The molecule has 0 saturated carbocycles. The normalized spacial score (nSPS) is 15.0. The summed E-state index contributed by atoms with van der Waals surface area (Å²) in [6.45, 7) is 5.92. The lowest BCUT2D eigenvalue weighted by atomic mass is 10.1. The van der Waals surface area contributed by atoms with Gasteiger partial charge in [0.05, 0.1) is 6.04 Å². The standard InChI is InChI=1S/C5H12NO/c1-4(2)5(3)6-7/h4-5,7H,1-3H3. The molecule has 0 aromatic rings. The molecule has 1 unspecified atom stereocenters. The Hall–Kier alpha value is -0.0800. The summed E-state index contributed by atoms with van der Waals surface area (Å²) in [6, 6.07) is 0.0833. The first-order chi connectivity index (χ1) is 3.18. The van der Waals surface area contributed by atoms with Crippen molar-refractivity contribution >= 4 is 0 Å². The summed E-state index contributed by atoms with van der Waals surface area (Å²) in [5, 5.41) is 8.13. The number of hydrogen-bond acceptors (Lipinski definition) is 1. The van der Waals surface area contributed by atoms with Crippen molar-refractivity contribution in [3.8, 4) is 0 Å². The predicted molar refractivity (Wildman–Crippen MR) is 28.2 cm³/mol. The average molecular weight is 102 g/mol. The molecule has 0 aromatic heterocycles. The van der Waals surface area contributed by atoms with Crippen LogP contribution in [0.2, 0.25) is 0 Å². The van der Waals surface area contributed by atoms with Gasteiger partial charge in [0, 0.05) is 0 Å². The Morgan fingerprint density at radius 2 is 1.71 bits per heavy atom. The third-order valence-corrected chi connectivity index (χ3v) is 1.15. The highest BCUT2D eigenvalue weighted by Gasteiger charge is 2.03. The number of rotatable bonds is 2. The van der Waals surface area contributed by atoms with Crippen LogP contribution in [0.15, 0.2) is 0 Å². The molecule has 0 aliphatic rings. The maximum atomic E-state index is 8.13. The third-order valence-electron chi connectivity index (χ3n) is 1.15. The van der Waals surface area contributed by atoms with Crippen LogP contribution in [0.5, 0.6) is 0 Å². The van der Waals surface area contributed by atoms with Crippen LogP contribution in [0.3, 0.4) is 0 Å². The predicted octanol–water partition coefficient (Wildman–Crippen LogP) is 1.02. The van der Waals surface area contributed by atoms with Gasteiger partial charge in [0.15, 0.2) is 0 Å². The van der Waals surface area contributed by atoms with Crippen molar-refractivity contribution in [2.45, 2.75) is 26.8 Å². The number of hydroxylamine groups is 1. The minimum atomic E-state index is 0.0833. The summed E-state index contributed by atoms with van der Waals surface area (Å²) >= 11 is 0. The molecule has 0 aliphatic carbocycles. The molecule has 0 fully saturated rings. The molecule has 1 N–H and O–H groups in total. The highest BCUT2D eigenvalue weighted by Crippen LogP contribution is 1.98. The lowest BCUT2D eigenvalue weighted by molar-refractivity contribution is 0.102. The molecule has 0 spiro atoms. The summed E-state index contributed by atoms with van der Waals surface area (Å²) in [5.41, 5.74) is 3.09. The van der Waals surface area contributed by atoms with Crippen molar-refractivity contribution in [2.75, 3.05) is 0 Å². The Bertz CT molecular complexity index is 45.3. The molecular formula is C5H12NO. The molecular weight excluding hydrogens is 90.1 g/mol. The molecule has 43 valence electrons. The second-order valence-electron chi connectivity index (χ2n) is 2.10. The molecule has 0 saturated heterocycles. The van der Waals surface area contributed by atoms with Crippen molar-refractivity contribution in [1.82, 2.24) is 5.48 Å². The molecule has 0 bridgehead atoms. The molecule has 0 rings (SSSR count). The van der Waals surface area contributed by atoms with Gasteiger partial charge in [0.25, 0.3) is 0 Å². The first-order valence-corrected chi connectivity index (χ1v) is 2.52. The number of hydrogen-bond donors (Lipinski definition) is 1. The van der Waals surface area contributed by atoms with E-state index in [2.05, 4.69) is 5.48 Å². The van der Waals surface area contributed by atoms with E-state index in [-0.39, 0.29) is 6.04 Å². The second kappa shape index (κ2) is 2.99. The zero-order valence-corrected chi connectivity index (χ0v) is 5.05. The fourth-order valence-electron chi connectivity index (χ4n) is 0.133. The Balaban J connectivity index is 3.14. The van der Waals surface area contributed by atoms with Gasteiger partial charge in [0.2, 0.25) is 0 Å². The smallest absolute Gasteiger partial charge is 0.0530 e. The Morgan fingerprint density at radius 1 is 1.29 bits per heavy atom. The van der Waals surface area contributed by atoms with Crippen LogP contribution < -0.4 is 5.48 Å². The molecule has 0 aromatic carbocycles. The van der Waals surface area contributed by atoms with Crippen LogP contribution >= 0.6 is 0 Å². The van der Waals surface area contributed by atoms with Gasteiger partial charge in [-0.05, 0) is 12.8 Å². The van der Waals surface area contributed by atoms with Crippen LogP contribution in [-0.4, -0.2) is 11.2 Å². The van der Waals surface area contributed by atoms with E-state index in [1.165, 1.54) is 0 Å². The molecule has 7 heavy (non-hydrogen) atoms. The van der Waals surface area contributed by atoms with Crippen LogP contribution in [-0.2, 0) is 0 Å². The van der Waals surface area contributed by atoms with E-state index in [1.807, 2.05) is 20.8 Å². The van der Waals surface area contributed by atoms with Crippen LogP contribution in [0.1, 0.15) is 20.8 Å². The molecule has 0 heterocycles. The van der Waals surface area contributed by atoms with E-state index < -0.39 is 0 Å². The van der Waals surface area contributed by atoms with Crippen LogP contribution in [0.25, 0.3) is 0 Å². The lowest BCUT2D eigenvalue weighted by Gasteiger charge is -2.08. The van der Waals surface area contributed by atoms with E-state index >= 15 is 0 Å². The van der Waals surface area contributed by atoms with Crippen molar-refractivity contribution < 1.29 is 5.21 Å². The minimum Gasteiger partial charge on any atom is -0.297 e. The minimum absolute atomic E-state index is 0.0833. The lowest BCUT2D eigenvalue weighted by Crippen LogP contribution is -2.20. The summed E-state index contributed by atoms with van der Waals surface area (Å²) < 4.78 is 0. The molecule has 2 heteroatoms. The second-order valence-corrected chi connectivity index (χ2v) is 2.10. The monoisotopic (exact) mass is 102 g/mol. The topological polar surface area (TPSA) is 34.3 Å². The van der Waals surface area contributed by atoms with E-state index in [4.69, 9.17) is 5.21 Å². The summed E-state index contributed by atoms with van der Waals surface area (Å²) in [7, 11) is 0. The average Bonchev–Trinajstić information content (AvgIpc) is 1.65. The van der Waals surface area contributed by atoms with E-state index in [1.54, 1.807) is 0 Å². The van der Waals surface area contributed by atoms with Gasteiger partial charge in [-0.25, -0.2) is 0 Å². The maximum absolute atomic E-state index is 8.13. The summed E-state index contributed by atoms with van der Waals surface area (Å²) in [6.07, 6.45) is 0. The first kappa shape index (κ1) is 6.92. The van der Waals surface area contributed by atoms with Gasteiger partial charge in [-0.2, -0.15) is 0 Å². The van der Waals surface area contributed by atoms with Gasteiger partial charge >= 0.3 is 0 Å². The van der Waals surface area contributed by atoms with Crippen LogP contribution in [0, 0.1) is 5.92 Å². The van der Waals surface area contributed by atoms with Gasteiger partial charge in [0.1, 0.15) is 0 Å².